The van der Waals surface area contributed by atoms with Gasteiger partial charge >= 0.3 is 5.97 Å². The molecule has 0 aliphatic rings. The monoisotopic (exact) mass is 278 g/mol. The number of hydrogen-bond acceptors (Lipinski definition) is 2. The fourth-order valence-corrected chi connectivity index (χ4v) is 1.74. The summed E-state index contributed by atoms with van der Waals surface area (Å²) in [5.74, 6) is -2.40. The Morgan fingerprint density at radius 1 is 1.15 bits per heavy atom. The highest BCUT2D eigenvalue weighted by Gasteiger charge is 2.08. The smallest absolute Gasteiger partial charge is 0.307 e. The fraction of sp³-hybridized carbons (Fsp3) is 0.133. The van der Waals surface area contributed by atoms with Crippen LogP contribution in [0.5, 0.6) is 5.75 Å². The maximum Gasteiger partial charge on any atom is 0.307 e. The van der Waals surface area contributed by atoms with Gasteiger partial charge in [-0.25, -0.2) is 8.78 Å². The minimum absolute atomic E-state index is 0.105. The molecule has 0 bridgehead atoms. The molecule has 0 saturated heterocycles. The van der Waals surface area contributed by atoms with Gasteiger partial charge in [0.1, 0.15) is 12.4 Å². The summed E-state index contributed by atoms with van der Waals surface area (Å²) < 4.78 is 31.8. The second-order valence-corrected chi connectivity index (χ2v) is 4.22. The fourth-order valence-electron chi connectivity index (χ4n) is 1.74. The molecule has 0 heterocycles. The van der Waals surface area contributed by atoms with Crippen molar-refractivity contribution in [2.24, 2.45) is 0 Å². The molecule has 0 saturated carbocycles. The molecule has 2 aromatic rings. The van der Waals surface area contributed by atoms with E-state index in [1.807, 2.05) is 0 Å². The van der Waals surface area contributed by atoms with Crippen molar-refractivity contribution in [3.8, 4) is 5.75 Å². The number of hydrogen-bond donors (Lipinski definition) is 1. The first kappa shape index (κ1) is 14.0. The molecular formula is C15H12F2O3. The third-order valence-corrected chi connectivity index (χ3v) is 2.68. The van der Waals surface area contributed by atoms with Crippen molar-refractivity contribution in [1.82, 2.24) is 0 Å². The van der Waals surface area contributed by atoms with Gasteiger partial charge in [-0.3, -0.25) is 4.79 Å². The van der Waals surface area contributed by atoms with E-state index in [2.05, 4.69) is 0 Å². The molecule has 2 rings (SSSR count). The van der Waals surface area contributed by atoms with E-state index in [1.54, 1.807) is 24.3 Å². The first-order valence-electron chi connectivity index (χ1n) is 5.92. The zero-order valence-electron chi connectivity index (χ0n) is 10.5. The molecule has 0 atom stereocenters. The van der Waals surface area contributed by atoms with Gasteiger partial charge in [-0.2, -0.15) is 0 Å². The summed E-state index contributed by atoms with van der Waals surface area (Å²) in [6.07, 6.45) is -0.120. The van der Waals surface area contributed by atoms with Gasteiger partial charge in [0.15, 0.2) is 11.6 Å². The van der Waals surface area contributed by atoms with Gasteiger partial charge in [-0.05, 0) is 23.8 Å². The van der Waals surface area contributed by atoms with Crippen LogP contribution in [0.3, 0.4) is 0 Å². The third kappa shape index (κ3) is 3.54. The number of carbonyl (C=O) groups is 1. The van der Waals surface area contributed by atoms with Crippen LogP contribution in [0.2, 0.25) is 0 Å². The van der Waals surface area contributed by atoms with Crippen molar-refractivity contribution >= 4 is 5.97 Å². The number of halogens is 2. The van der Waals surface area contributed by atoms with Crippen LogP contribution in [0.4, 0.5) is 8.78 Å². The van der Waals surface area contributed by atoms with Crippen molar-refractivity contribution in [1.29, 1.82) is 0 Å². The first-order chi connectivity index (χ1) is 9.56. The van der Waals surface area contributed by atoms with Crippen molar-refractivity contribution in [3.05, 3.63) is 65.2 Å². The molecule has 1 N–H and O–H groups in total. The summed E-state index contributed by atoms with van der Waals surface area (Å²) >= 11 is 0. The number of aliphatic carboxylic acids is 1. The van der Waals surface area contributed by atoms with Gasteiger partial charge in [0.25, 0.3) is 0 Å². The topological polar surface area (TPSA) is 46.5 Å². The van der Waals surface area contributed by atoms with E-state index in [1.165, 1.54) is 12.1 Å². The minimum atomic E-state index is -0.946. The predicted octanol–water partition coefficient (Wildman–Crippen LogP) is 3.17. The Labute approximate surface area is 114 Å². The Kier molecular flexibility index (Phi) is 4.30. The quantitative estimate of drug-likeness (QED) is 0.913. The van der Waals surface area contributed by atoms with Crippen LogP contribution < -0.4 is 4.74 Å². The number of carboxylic acid groups (broad SMARTS) is 1. The lowest BCUT2D eigenvalue weighted by Crippen LogP contribution is -2.02. The third-order valence-electron chi connectivity index (χ3n) is 2.68. The predicted molar refractivity (Wildman–Crippen MR) is 68.5 cm³/mol. The molecule has 2 aromatic carbocycles. The van der Waals surface area contributed by atoms with E-state index >= 15 is 0 Å². The molecule has 0 radical (unpaired) electrons. The van der Waals surface area contributed by atoms with Crippen LogP contribution in [-0.2, 0) is 17.8 Å². The van der Waals surface area contributed by atoms with Gasteiger partial charge in [0.05, 0.1) is 6.42 Å². The van der Waals surface area contributed by atoms with Gasteiger partial charge in [0, 0.05) is 5.56 Å². The van der Waals surface area contributed by atoms with Gasteiger partial charge < -0.3 is 9.84 Å². The van der Waals surface area contributed by atoms with E-state index in [0.717, 1.165) is 6.07 Å². The molecule has 5 heteroatoms. The number of ether oxygens (including phenoxy) is 1. The largest absolute Gasteiger partial charge is 0.489 e. The molecule has 0 spiro atoms. The van der Waals surface area contributed by atoms with E-state index in [0.29, 0.717) is 11.3 Å². The summed E-state index contributed by atoms with van der Waals surface area (Å²) in [4.78, 5) is 10.6. The van der Waals surface area contributed by atoms with Crippen molar-refractivity contribution in [2.75, 3.05) is 0 Å². The highest BCUT2D eigenvalue weighted by molar-refractivity contribution is 5.70. The average molecular weight is 278 g/mol. The second kappa shape index (κ2) is 6.14. The molecule has 0 unspecified atom stereocenters. The lowest BCUT2D eigenvalue weighted by Gasteiger charge is -2.08. The molecule has 0 amide bonds. The van der Waals surface area contributed by atoms with Gasteiger partial charge in [-0.15, -0.1) is 0 Å². The summed E-state index contributed by atoms with van der Waals surface area (Å²) in [6.45, 7) is -0.125. The van der Waals surface area contributed by atoms with E-state index in [-0.39, 0.29) is 18.6 Å². The lowest BCUT2D eigenvalue weighted by molar-refractivity contribution is -0.136. The molecule has 0 aliphatic heterocycles. The highest BCUT2D eigenvalue weighted by Crippen LogP contribution is 2.18. The van der Waals surface area contributed by atoms with Crippen LogP contribution in [0.15, 0.2) is 42.5 Å². The van der Waals surface area contributed by atoms with Crippen molar-refractivity contribution in [3.63, 3.8) is 0 Å². The van der Waals surface area contributed by atoms with E-state index in [9.17, 15) is 13.6 Å². The maximum absolute atomic E-state index is 13.4. The standard InChI is InChI=1S/C15H12F2O3/c16-13-6-2-4-11(15(13)17)9-20-12-5-1-3-10(7-12)8-14(18)19/h1-7H,8-9H2,(H,18,19). The average Bonchev–Trinajstić information content (AvgIpc) is 2.40. The molecule has 3 nitrogen and oxygen atoms in total. The molecule has 0 aliphatic carbocycles. The van der Waals surface area contributed by atoms with E-state index < -0.39 is 17.6 Å². The van der Waals surface area contributed by atoms with Crippen molar-refractivity contribution in [2.45, 2.75) is 13.0 Å². The maximum atomic E-state index is 13.4. The van der Waals surface area contributed by atoms with E-state index in [4.69, 9.17) is 9.84 Å². The molecule has 104 valence electrons. The number of carboxylic acids is 1. The van der Waals surface area contributed by atoms with Crippen LogP contribution >= 0.6 is 0 Å². The molecule has 0 aromatic heterocycles. The first-order valence-corrected chi connectivity index (χ1v) is 5.92. The Hall–Kier alpha value is -2.43. The summed E-state index contributed by atoms with van der Waals surface area (Å²) in [7, 11) is 0. The second-order valence-electron chi connectivity index (χ2n) is 4.22. The molecule has 20 heavy (non-hydrogen) atoms. The van der Waals surface area contributed by atoms with Crippen LogP contribution in [0.25, 0.3) is 0 Å². The Morgan fingerprint density at radius 2 is 1.90 bits per heavy atom. The molecular weight excluding hydrogens is 266 g/mol. The Bertz CT molecular complexity index is 626. The van der Waals surface area contributed by atoms with Crippen molar-refractivity contribution < 1.29 is 23.4 Å². The zero-order chi connectivity index (χ0) is 14.5. The van der Waals surface area contributed by atoms with Crippen LogP contribution in [0, 0.1) is 11.6 Å². The highest BCUT2D eigenvalue weighted by atomic mass is 19.2. The zero-order valence-corrected chi connectivity index (χ0v) is 10.5. The molecule has 0 fully saturated rings. The minimum Gasteiger partial charge on any atom is -0.489 e. The number of benzene rings is 2. The summed E-state index contributed by atoms with van der Waals surface area (Å²) in [5.41, 5.74) is 0.684. The Morgan fingerprint density at radius 3 is 2.65 bits per heavy atom. The Balaban J connectivity index is 2.07. The lowest BCUT2D eigenvalue weighted by atomic mass is 10.1. The van der Waals surface area contributed by atoms with Crippen LogP contribution in [0.1, 0.15) is 11.1 Å². The van der Waals surface area contributed by atoms with Gasteiger partial charge in [-0.1, -0.05) is 24.3 Å². The number of rotatable bonds is 5. The SMILES string of the molecule is O=C(O)Cc1cccc(OCc2cccc(F)c2F)c1. The van der Waals surface area contributed by atoms with Crippen LogP contribution in [-0.4, -0.2) is 11.1 Å². The summed E-state index contributed by atoms with van der Waals surface area (Å²) in [6, 6.07) is 10.4. The van der Waals surface area contributed by atoms with Gasteiger partial charge in [0.2, 0.25) is 0 Å². The summed E-state index contributed by atoms with van der Waals surface area (Å²) in [5, 5.41) is 8.70. The normalized spacial score (nSPS) is 10.3.